The summed E-state index contributed by atoms with van der Waals surface area (Å²) >= 11 is 0. The Morgan fingerprint density at radius 2 is 2.11 bits per heavy atom. The highest BCUT2D eigenvalue weighted by Crippen LogP contribution is 2.40. The Morgan fingerprint density at radius 1 is 1.22 bits per heavy atom. The van der Waals surface area contributed by atoms with E-state index in [9.17, 15) is 0 Å². The van der Waals surface area contributed by atoms with Gasteiger partial charge in [-0.3, -0.25) is 0 Å². The molecule has 0 aliphatic heterocycles. The smallest absolute Gasteiger partial charge is 0.160 e. The predicted octanol–water partition coefficient (Wildman–Crippen LogP) is 3.85. The Morgan fingerprint density at radius 3 is 2.85 bits per heavy atom. The molecule has 7 nitrogen and oxygen atoms in total. The van der Waals surface area contributed by atoms with Crippen LogP contribution < -0.4 is 10.1 Å². The summed E-state index contributed by atoms with van der Waals surface area (Å²) in [5.41, 5.74) is 4.86. The Hall–Kier alpha value is -3.35. The lowest BCUT2D eigenvalue weighted by molar-refractivity contribution is 0.412. The number of pyridine rings is 1. The molecule has 0 radical (unpaired) electrons. The first-order chi connectivity index (χ1) is 13.2. The molecule has 0 atom stereocenters. The zero-order valence-corrected chi connectivity index (χ0v) is 15.3. The van der Waals surface area contributed by atoms with E-state index in [1.54, 1.807) is 18.1 Å². The van der Waals surface area contributed by atoms with Crippen molar-refractivity contribution >= 4 is 17.0 Å². The van der Waals surface area contributed by atoms with Gasteiger partial charge in [-0.05, 0) is 44.0 Å². The largest absolute Gasteiger partial charge is 0.494 e. The molecular weight excluding hydrogens is 340 g/mol. The fraction of sp³-hybridized carbons (Fsp3) is 0.250. The number of nitrogens with one attached hydrogen (secondary N) is 1. The van der Waals surface area contributed by atoms with Gasteiger partial charge in [0, 0.05) is 30.1 Å². The minimum atomic E-state index is 0.628. The van der Waals surface area contributed by atoms with Crippen LogP contribution in [-0.4, -0.2) is 31.3 Å². The Bertz CT molecular complexity index is 1120. The van der Waals surface area contributed by atoms with Crippen molar-refractivity contribution in [3.63, 3.8) is 0 Å². The second-order valence-electron chi connectivity index (χ2n) is 6.84. The van der Waals surface area contributed by atoms with Crippen molar-refractivity contribution in [2.75, 3.05) is 12.4 Å². The van der Waals surface area contributed by atoms with Gasteiger partial charge in [0.1, 0.15) is 23.6 Å². The van der Waals surface area contributed by atoms with Crippen molar-refractivity contribution in [2.24, 2.45) is 0 Å². The Labute approximate surface area is 156 Å². The number of imidazole rings is 1. The van der Waals surface area contributed by atoms with Gasteiger partial charge >= 0.3 is 0 Å². The molecule has 0 bridgehead atoms. The van der Waals surface area contributed by atoms with Crippen LogP contribution in [0.25, 0.3) is 11.3 Å². The zero-order valence-electron chi connectivity index (χ0n) is 15.3. The van der Waals surface area contributed by atoms with Crippen LogP contribution in [-0.2, 0) is 0 Å². The van der Waals surface area contributed by atoms with E-state index in [1.807, 2.05) is 43.5 Å². The van der Waals surface area contributed by atoms with Crippen LogP contribution in [0.1, 0.15) is 30.3 Å². The average molecular weight is 360 g/mol. The van der Waals surface area contributed by atoms with Crippen LogP contribution in [0.5, 0.6) is 5.75 Å². The normalized spacial score (nSPS) is 13.9. The quantitative estimate of drug-likeness (QED) is 0.585. The molecule has 0 amide bonds. The average Bonchev–Trinajstić information content (AvgIpc) is 3.29. The number of rotatable bonds is 5. The monoisotopic (exact) mass is 360 g/mol. The fourth-order valence-corrected chi connectivity index (χ4v) is 3.27. The Kier molecular flexibility index (Phi) is 3.60. The third kappa shape index (κ3) is 2.91. The van der Waals surface area contributed by atoms with Gasteiger partial charge in [-0.15, -0.1) is 0 Å². The molecule has 0 unspecified atom stereocenters. The van der Waals surface area contributed by atoms with Crippen LogP contribution in [0.2, 0.25) is 0 Å². The van der Waals surface area contributed by atoms with Crippen molar-refractivity contribution in [3.8, 4) is 11.4 Å². The van der Waals surface area contributed by atoms with E-state index < -0.39 is 0 Å². The van der Waals surface area contributed by atoms with Gasteiger partial charge < -0.3 is 14.5 Å². The van der Waals surface area contributed by atoms with Gasteiger partial charge in [-0.25, -0.2) is 14.6 Å². The molecule has 1 aliphatic carbocycles. The highest BCUT2D eigenvalue weighted by Gasteiger charge is 2.26. The van der Waals surface area contributed by atoms with E-state index in [0.717, 1.165) is 34.3 Å². The summed E-state index contributed by atoms with van der Waals surface area (Å²) in [6.45, 7) is 1.86. The van der Waals surface area contributed by atoms with Crippen LogP contribution in [0.3, 0.4) is 0 Å². The molecule has 27 heavy (non-hydrogen) atoms. The maximum absolute atomic E-state index is 5.57. The van der Waals surface area contributed by atoms with E-state index in [0.29, 0.717) is 5.92 Å². The van der Waals surface area contributed by atoms with E-state index in [1.165, 1.54) is 18.5 Å². The number of fused-ring (bicyclic) bond motifs is 1. The first-order valence-corrected chi connectivity index (χ1v) is 9.02. The van der Waals surface area contributed by atoms with E-state index in [-0.39, 0.29) is 0 Å². The van der Waals surface area contributed by atoms with Crippen LogP contribution in [0, 0.1) is 6.92 Å². The van der Waals surface area contributed by atoms with Gasteiger partial charge in [-0.2, -0.15) is 5.10 Å². The predicted molar refractivity (Wildman–Crippen MR) is 103 cm³/mol. The summed E-state index contributed by atoms with van der Waals surface area (Å²) < 4.78 is 9.37. The van der Waals surface area contributed by atoms with E-state index in [2.05, 4.69) is 26.0 Å². The van der Waals surface area contributed by atoms with Crippen LogP contribution >= 0.6 is 0 Å². The third-order valence-corrected chi connectivity index (χ3v) is 4.81. The highest BCUT2D eigenvalue weighted by molar-refractivity contribution is 5.75. The van der Waals surface area contributed by atoms with Gasteiger partial charge in [0.25, 0.3) is 0 Å². The first-order valence-electron chi connectivity index (χ1n) is 9.02. The molecule has 1 aromatic carbocycles. The number of ether oxygens (including phenoxy) is 1. The summed E-state index contributed by atoms with van der Waals surface area (Å²) in [4.78, 5) is 9.01. The number of aromatic nitrogens is 5. The standard InChI is InChI=1S/C20H20N6O/c1-13-21-12-26(24-13)18-8-7-15(10-19(18)27-2)22-16-4-3-9-25-11-17(14-5-6-14)23-20(16)25/h3-4,7-12,14,22H,5-6H2,1-2H3. The van der Waals surface area contributed by atoms with E-state index in [4.69, 9.17) is 9.72 Å². The van der Waals surface area contributed by atoms with Gasteiger partial charge in [0.05, 0.1) is 18.5 Å². The third-order valence-electron chi connectivity index (χ3n) is 4.81. The number of anilines is 2. The molecule has 136 valence electrons. The van der Waals surface area contributed by atoms with Gasteiger partial charge in [-0.1, -0.05) is 0 Å². The van der Waals surface area contributed by atoms with Crippen molar-refractivity contribution < 1.29 is 4.74 Å². The van der Waals surface area contributed by atoms with Crippen molar-refractivity contribution in [3.05, 3.63) is 60.6 Å². The van der Waals surface area contributed by atoms with Crippen LogP contribution in [0.4, 0.5) is 11.4 Å². The zero-order chi connectivity index (χ0) is 18.4. The lowest BCUT2D eigenvalue weighted by atomic mass is 10.2. The second kappa shape index (κ2) is 6.12. The van der Waals surface area contributed by atoms with Crippen molar-refractivity contribution in [2.45, 2.75) is 25.7 Å². The number of nitrogens with zero attached hydrogens (tertiary/aromatic N) is 5. The number of methoxy groups -OCH3 is 1. The minimum absolute atomic E-state index is 0.628. The molecule has 1 aliphatic rings. The summed E-state index contributed by atoms with van der Waals surface area (Å²) in [6, 6.07) is 10.00. The molecule has 3 heterocycles. The molecular formula is C20H20N6O. The number of aryl methyl sites for hydroxylation is 1. The first kappa shape index (κ1) is 15.9. The number of benzene rings is 1. The van der Waals surface area contributed by atoms with Crippen molar-refractivity contribution in [1.82, 2.24) is 24.1 Å². The molecule has 0 saturated heterocycles. The summed E-state index contributed by atoms with van der Waals surface area (Å²) in [6.07, 6.45) is 8.34. The second-order valence-corrected chi connectivity index (χ2v) is 6.84. The number of hydrogen-bond acceptors (Lipinski definition) is 5. The Balaban J connectivity index is 1.49. The molecule has 3 aromatic heterocycles. The molecule has 4 aromatic rings. The molecule has 1 saturated carbocycles. The SMILES string of the molecule is COc1cc(Nc2cccn3cc(C4CC4)nc23)ccc1-n1cnc(C)n1. The highest BCUT2D eigenvalue weighted by atomic mass is 16.5. The lowest BCUT2D eigenvalue weighted by Crippen LogP contribution is -2.01. The number of hydrogen-bond donors (Lipinski definition) is 1. The summed E-state index contributed by atoms with van der Waals surface area (Å²) in [5, 5.41) is 7.83. The summed E-state index contributed by atoms with van der Waals surface area (Å²) in [7, 11) is 1.66. The van der Waals surface area contributed by atoms with Gasteiger partial charge in [0.15, 0.2) is 5.65 Å². The van der Waals surface area contributed by atoms with Crippen molar-refractivity contribution in [1.29, 1.82) is 0 Å². The summed E-state index contributed by atoms with van der Waals surface area (Å²) in [5.74, 6) is 2.07. The molecule has 7 heteroatoms. The minimum Gasteiger partial charge on any atom is -0.494 e. The molecule has 5 rings (SSSR count). The fourth-order valence-electron chi connectivity index (χ4n) is 3.27. The maximum Gasteiger partial charge on any atom is 0.160 e. The maximum atomic E-state index is 5.57. The van der Waals surface area contributed by atoms with E-state index >= 15 is 0 Å². The lowest BCUT2D eigenvalue weighted by Gasteiger charge is -2.12. The van der Waals surface area contributed by atoms with Gasteiger partial charge in [0.2, 0.25) is 0 Å². The topological polar surface area (TPSA) is 69.3 Å². The molecule has 1 fully saturated rings. The molecule has 1 N–H and O–H groups in total. The van der Waals surface area contributed by atoms with Crippen LogP contribution in [0.15, 0.2) is 49.1 Å². The molecule has 0 spiro atoms.